The molecule has 2 fully saturated rings. The number of methoxy groups -OCH3 is 1. The van der Waals surface area contributed by atoms with Crippen molar-refractivity contribution in [3.05, 3.63) is 11.4 Å². The Morgan fingerprint density at radius 1 is 1.32 bits per heavy atom. The van der Waals surface area contributed by atoms with Crippen molar-refractivity contribution in [2.45, 2.75) is 44.6 Å². The first-order chi connectivity index (χ1) is 13.7. The van der Waals surface area contributed by atoms with Crippen LogP contribution in [0.25, 0.3) is 10.2 Å². The van der Waals surface area contributed by atoms with Gasteiger partial charge in [-0.05, 0) is 55.9 Å². The Hall–Kier alpha value is -1.93. The van der Waals surface area contributed by atoms with Crippen molar-refractivity contribution in [3.8, 4) is 0 Å². The van der Waals surface area contributed by atoms with Gasteiger partial charge in [-0.3, -0.25) is 4.79 Å². The summed E-state index contributed by atoms with van der Waals surface area (Å²) in [6, 6.07) is 2.38. The van der Waals surface area contributed by atoms with Crippen LogP contribution in [0.2, 0.25) is 0 Å². The lowest BCUT2D eigenvalue weighted by molar-refractivity contribution is -0.143. The molecule has 1 saturated carbocycles. The summed E-state index contributed by atoms with van der Waals surface area (Å²) >= 11 is 1.66. The van der Waals surface area contributed by atoms with Gasteiger partial charge in [-0.1, -0.05) is 0 Å². The number of nitrogens with one attached hydrogen (secondary N) is 1. The highest BCUT2D eigenvalue weighted by atomic mass is 32.1. The lowest BCUT2D eigenvalue weighted by Crippen LogP contribution is -2.34. The minimum atomic E-state index is -0.650. The van der Waals surface area contributed by atoms with E-state index in [1.165, 1.54) is 0 Å². The van der Waals surface area contributed by atoms with Crippen molar-refractivity contribution >= 4 is 39.3 Å². The van der Waals surface area contributed by atoms with E-state index in [2.05, 4.69) is 21.7 Å². The Labute approximate surface area is 169 Å². The number of aromatic nitrogens is 2. The molecule has 0 aromatic carbocycles. The predicted octanol–water partition coefficient (Wildman–Crippen LogP) is 3.61. The number of thiophene rings is 1. The number of ether oxygens (including phenoxy) is 1. The summed E-state index contributed by atoms with van der Waals surface area (Å²) in [5.41, 5.74) is 0.982. The molecule has 2 aliphatic rings. The van der Waals surface area contributed by atoms with E-state index in [4.69, 9.17) is 14.7 Å². The van der Waals surface area contributed by atoms with E-state index in [0.29, 0.717) is 18.6 Å². The van der Waals surface area contributed by atoms with Crippen molar-refractivity contribution in [1.29, 1.82) is 0 Å². The molecule has 3 heterocycles. The Morgan fingerprint density at radius 2 is 2.14 bits per heavy atom. The zero-order valence-corrected chi connectivity index (χ0v) is 17.1. The number of carboxylic acid groups (broad SMARTS) is 1. The highest BCUT2D eigenvalue weighted by molar-refractivity contribution is 7.17. The third-order valence-corrected chi connectivity index (χ3v) is 6.95. The van der Waals surface area contributed by atoms with E-state index in [9.17, 15) is 9.90 Å². The number of hydrogen-bond acceptors (Lipinski definition) is 7. The van der Waals surface area contributed by atoms with Crippen molar-refractivity contribution in [1.82, 2.24) is 9.97 Å². The number of rotatable bonds is 7. The summed E-state index contributed by atoms with van der Waals surface area (Å²) < 4.78 is 6.47. The smallest absolute Gasteiger partial charge is 0.306 e. The Kier molecular flexibility index (Phi) is 5.96. The van der Waals surface area contributed by atoms with Crippen LogP contribution in [0.1, 0.15) is 38.5 Å². The normalized spacial score (nSPS) is 25.3. The van der Waals surface area contributed by atoms with Crippen LogP contribution in [0.4, 0.5) is 11.8 Å². The van der Waals surface area contributed by atoms with Crippen molar-refractivity contribution < 1.29 is 14.6 Å². The molecule has 1 aliphatic heterocycles. The standard InChI is InChI=1S/C20H28N4O3S/c1-27-12-15-3-2-9-24(15)20-22-16-8-10-28-17(16)18(23-20)21-11-13-4-6-14(7-5-13)19(25)26/h8,10,13-15H,2-7,9,11-12H2,1H3,(H,25,26)(H,21,22,23)/t13?,14?,15-/m0/s1. The van der Waals surface area contributed by atoms with Gasteiger partial charge in [0.2, 0.25) is 5.95 Å². The molecule has 8 heteroatoms. The molecular weight excluding hydrogens is 376 g/mol. The molecule has 2 N–H and O–H groups in total. The van der Waals surface area contributed by atoms with Crippen LogP contribution in [0, 0.1) is 11.8 Å². The summed E-state index contributed by atoms with van der Waals surface area (Å²) in [7, 11) is 1.74. The molecule has 0 radical (unpaired) electrons. The first-order valence-electron chi connectivity index (χ1n) is 10.1. The molecule has 0 unspecified atom stereocenters. The van der Waals surface area contributed by atoms with Gasteiger partial charge >= 0.3 is 5.97 Å². The number of aliphatic carboxylic acids is 1. The molecule has 7 nitrogen and oxygen atoms in total. The van der Waals surface area contributed by atoms with Gasteiger partial charge in [0.05, 0.1) is 28.8 Å². The zero-order chi connectivity index (χ0) is 19.5. The molecule has 28 heavy (non-hydrogen) atoms. The minimum Gasteiger partial charge on any atom is -0.481 e. The summed E-state index contributed by atoms with van der Waals surface area (Å²) in [5, 5.41) is 14.8. The van der Waals surface area contributed by atoms with E-state index in [1.807, 2.05) is 0 Å². The van der Waals surface area contributed by atoms with Crippen LogP contribution < -0.4 is 10.2 Å². The number of fused-ring (bicyclic) bond motifs is 1. The average Bonchev–Trinajstić information content (AvgIpc) is 3.35. The maximum atomic E-state index is 11.1. The molecule has 1 atom stereocenters. The third-order valence-electron chi connectivity index (χ3n) is 6.04. The first-order valence-corrected chi connectivity index (χ1v) is 11.0. The molecule has 152 valence electrons. The summed E-state index contributed by atoms with van der Waals surface area (Å²) in [5.74, 6) is 1.36. The van der Waals surface area contributed by atoms with E-state index >= 15 is 0 Å². The van der Waals surface area contributed by atoms with Crippen LogP contribution in [-0.4, -0.2) is 53.9 Å². The number of nitrogens with zero attached hydrogens (tertiary/aromatic N) is 3. The van der Waals surface area contributed by atoms with E-state index < -0.39 is 5.97 Å². The largest absolute Gasteiger partial charge is 0.481 e. The number of hydrogen-bond donors (Lipinski definition) is 2. The molecule has 0 amide bonds. The Bertz CT molecular complexity index is 819. The average molecular weight is 405 g/mol. The highest BCUT2D eigenvalue weighted by Crippen LogP contribution is 2.33. The van der Waals surface area contributed by atoms with Gasteiger partial charge in [-0.15, -0.1) is 11.3 Å². The van der Waals surface area contributed by atoms with Crippen molar-refractivity contribution in [2.24, 2.45) is 11.8 Å². The molecule has 0 bridgehead atoms. The van der Waals surface area contributed by atoms with Crippen LogP contribution in [0.3, 0.4) is 0 Å². The van der Waals surface area contributed by atoms with Crippen molar-refractivity contribution in [3.63, 3.8) is 0 Å². The van der Waals surface area contributed by atoms with Gasteiger partial charge in [0, 0.05) is 20.2 Å². The second kappa shape index (κ2) is 8.61. The monoisotopic (exact) mass is 404 g/mol. The van der Waals surface area contributed by atoms with E-state index in [-0.39, 0.29) is 5.92 Å². The lowest BCUT2D eigenvalue weighted by Gasteiger charge is -2.27. The fraction of sp³-hybridized carbons (Fsp3) is 0.650. The fourth-order valence-electron chi connectivity index (χ4n) is 4.42. The van der Waals surface area contributed by atoms with Crippen LogP contribution in [-0.2, 0) is 9.53 Å². The van der Waals surface area contributed by atoms with Crippen LogP contribution >= 0.6 is 11.3 Å². The third kappa shape index (κ3) is 4.07. The van der Waals surface area contributed by atoms with Gasteiger partial charge in [0.15, 0.2) is 0 Å². The fourth-order valence-corrected chi connectivity index (χ4v) is 5.22. The molecule has 4 rings (SSSR count). The topological polar surface area (TPSA) is 87.6 Å². The van der Waals surface area contributed by atoms with Gasteiger partial charge < -0.3 is 20.1 Å². The second-order valence-corrected chi connectivity index (χ2v) is 8.80. The lowest BCUT2D eigenvalue weighted by atomic mass is 9.82. The zero-order valence-electron chi connectivity index (χ0n) is 16.3. The number of carbonyl (C=O) groups is 1. The molecular formula is C20H28N4O3S. The molecule has 0 spiro atoms. The van der Waals surface area contributed by atoms with Gasteiger partial charge in [0.25, 0.3) is 0 Å². The van der Waals surface area contributed by atoms with Gasteiger partial charge in [-0.2, -0.15) is 4.98 Å². The Morgan fingerprint density at radius 3 is 2.89 bits per heavy atom. The SMILES string of the molecule is COC[C@@H]1CCCN1c1nc(NCC2CCC(C(=O)O)CC2)c2sccc2n1. The first kappa shape index (κ1) is 19.4. The quantitative estimate of drug-likeness (QED) is 0.729. The summed E-state index contributed by atoms with van der Waals surface area (Å²) in [4.78, 5) is 23.1. The van der Waals surface area contributed by atoms with Crippen molar-refractivity contribution in [2.75, 3.05) is 37.0 Å². The van der Waals surface area contributed by atoms with E-state index in [1.54, 1.807) is 18.4 Å². The molecule has 2 aromatic rings. The highest BCUT2D eigenvalue weighted by Gasteiger charge is 2.28. The minimum absolute atomic E-state index is 0.168. The van der Waals surface area contributed by atoms with E-state index in [0.717, 1.165) is 73.6 Å². The molecule has 1 aliphatic carbocycles. The number of carboxylic acids is 1. The molecule has 2 aromatic heterocycles. The Balaban J connectivity index is 1.48. The van der Waals surface area contributed by atoms with Crippen LogP contribution in [0.5, 0.6) is 0 Å². The van der Waals surface area contributed by atoms with Gasteiger partial charge in [-0.25, -0.2) is 4.98 Å². The predicted molar refractivity (Wildman–Crippen MR) is 111 cm³/mol. The summed E-state index contributed by atoms with van der Waals surface area (Å²) in [6.07, 6.45) is 5.70. The maximum Gasteiger partial charge on any atom is 0.306 e. The van der Waals surface area contributed by atoms with Crippen LogP contribution in [0.15, 0.2) is 11.4 Å². The number of anilines is 2. The molecule has 1 saturated heterocycles. The maximum absolute atomic E-state index is 11.1. The van der Waals surface area contributed by atoms with Gasteiger partial charge in [0.1, 0.15) is 5.82 Å². The summed E-state index contributed by atoms with van der Waals surface area (Å²) in [6.45, 7) is 2.49. The second-order valence-electron chi connectivity index (χ2n) is 7.89.